The molecular weight excluding hydrogens is 846 g/mol. The van der Waals surface area contributed by atoms with Crippen molar-refractivity contribution in [2.45, 2.75) is 148 Å². The van der Waals surface area contributed by atoms with E-state index in [1.807, 2.05) is 22.7 Å². The van der Waals surface area contributed by atoms with Gasteiger partial charge >= 0.3 is 0 Å². The summed E-state index contributed by atoms with van der Waals surface area (Å²) in [7, 11) is 3.56. The first-order valence-electron chi connectivity index (χ1n) is 14.7. The van der Waals surface area contributed by atoms with Crippen molar-refractivity contribution in [2.75, 3.05) is 0 Å². The largest absolute Gasteiger partial charge is 0.140 e. The number of hydrogen-bond acceptors (Lipinski definition) is 2. The average Bonchev–Trinajstić information content (AvgIpc) is 3.74. The molecule has 0 N–H and O–H groups in total. The normalized spacial score (nSPS) is 10.5. The number of hydrogen-bond donors (Lipinski definition) is 0. The van der Waals surface area contributed by atoms with Crippen LogP contribution >= 0.6 is 44.6 Å². The molecule has 0 atom stereocenters. The van der Waals surface area contributed by atoms with E-state index >= 15 is 0 Å². The molecule has 0 unspecified atom stereocenters. The molecule has 0 amide bonds. The summed E-state index contributed by atoms with van der Waals surface area (Å²) in [5, 5.41) is 7.00. The van der Waals surface area contributed by atoms with Gasteiger partial charge in [-0.1, -0.05) is 155 Å². The Labute approximate surface area is 334 Å². The molecule has 2 aliphatic rings. The number of aryl methyl sites for hydroxylation is 2. The van der Waals surface area contributed by atoms with E-state index in [9.17, 15) is 0 Å². The van der Waals surface area contributed by atoms with Gasteiger partial charge in [0.15, 0.2) is 0 Å². The van der Waals surface area contributed by atoms with Gasteiger partial charge in [0.2, 0.25) is 0 Å². The molecule has 1 aromatic carbocycles. The molecule has 5 rings (SSSR count). The van der Waals surface area contributed by atoms with E-state index < -0.39 is 0 Å². The van der Waals surface area contributed by atoms with Crippen LogP contribution in [0.4, 0.5) is 0 Å². The Bertz CT molecular complexity index is 1430. The van der Waals surface area contributed by atoms with Gasteiger partial charge in [-0.3, -0.25) is 0 Å². The molecule has 46 heavy (non-hydrogen) atoms. The third-order valence-corrected chi connectivity index (χ3v) is 11.6. The smallest absolute Gasteiger partial charge is 0.0533 e. The summed E-state index contributed by atoms with van der Waals surface area (Å²) in [5.41, 5.74) is 5.55. The summed E-state index contributed by atoms with van der Waals surface area (Å²) in [6.07, 6.45) is 23.2. The minimum absolute atomic E-state index is 0. The van der Waals surface area contributed by atoms with Crippen LogP contribution in [0.25, 0.3) is 33.0 Å². The number of rotatable bonds is 16. The molecule has 256 valence electrons. The van der Waals surface area contributed by atoms with Gasteiger partial charge in [0.25, 0.3) is 0 Å². The molecule has 0 aliphatic carbocycles. The number of fused-ring (bicyclic) bond motifs is 2. The van der Waals surface area contributed by atoms with E-state index in [1.54, 1.807) is 21.9 Å². The molecule has 0 bridgehead atoms. The van der Waals surface area contributed by atoms with Gasteiger partial charge in [-0.05, 0) is 49.9 Å². The maximum Gasteiger partial charge on any atom is 0.0533 e. The SMILES string of the molecule is C.C.C.C.C.C.CCCCCCCCc1ccc(-c2c3c(c(-c4ccc(CCCCCCCC)s4)c4c2=S=C=C4)=S=C=C3)s1.[Sn].[Sn]. The topological polar surface area (TPSA) is 0 Å². The average molecular weight is 911 g/mol. The zero-order valence-electron chi connectivity index (χ0n) is 24.0. The summed E-state index contributed by atoms with van der Waals surface area (Å²) >= 11 is 4.00. The van der Waals surface area contributed by atoms with E-state index in [2.05, 4.69) is 60.3 Å². The number of unbranched alkanes of at least 4 members (excludes halogenated alkanes) is 10. The fourth-order valence-corrected chi connectivity index (χ4v) is 9.60. The monoisotopic (exact) mass is 912 g/mol. The Morgan fingerprint density at radius 3 is 1.20 bits per heavy atom. The standard InChI is InChI=1S/C34H40S4.6CH4.2Sn/c1-3-5-7-9-11-13-15-25-17-19-29(37-25)31-27-21-23-36-34(27)32(28-22-24-35-33(28)31)30-20-18-26(38-30)16-14-12-10-8-6-4-2;;;;;;;;/h17-22H,3-16H2,1-2H3;6*1H4;;. The second-order valence-electron chi connectivity index (χ2n) is 10.5. The van der Waals surface area contributed by atoms with Crippen LogP contribution < -0.4 is 0 Å². The minimum atomic E-state index is 0. The maximum atomic E-state index is 3.50. The molecule has 4 heterocycles. The maximum absolute atomic E-state index is 3.50. The Balaban J connectivity index is -0.00000110. The predicted octanol–water partition coefficient (Wildman–Crippen LogP) is 14.8. The van der Waals surface area contributed by atoms with Gasteiger partial charge < -0.3 is 0 Å². The van der Waals surface area contributed by atoms with Crippen LogP contribution in [0.15, 0.2) is 24.3 Å². The fraction of sp³-hybridized carbons (Fsp3) is 0.550. The summed E-state index contributed by atoms with van der Waals surface area (Å²) < 4.78 is 2.77. The van der Waals surface area contributed by atoms with E-state index in [0.717, 1.165) is 0 Å². The van der Waals surface area contributed by atoms with Crippen molar-refractivity contribution in [1.82, 2.24) is 0 Å². The second kappa shape index (κ2) is 27.7. The van der Waals surface area contributed by atoms with Crippen LogP contribution in [0.2, 0.25) is 0 Å². The summed E-state index contributed by atoms with van der Waals surface area (Å²) in [5.74, 6) is 0. The van der Waals surface area contributed by atoms with Crippen molar-refractivity contribution < 1.29 is 0 Å². The molecule has 2 aliphatic heterocycles. The van der Waals surface area contributed by atoms with Crippen molar-refractivity contribution >= 4 is 115 Å². The van der Waals surface area contributed by atoms with Crippen LogP contribution in [-0.4, -0.2) is 57.9 Å². The molecule has 8 radical (unpaired) electrons. The van der Waals surface area contributed by atoms with Crippen molar-refractivity contribution in [3.63, 3.8) is 0 Å². The van der Waals surface area contributed by atoms with Gasteiger partial charge in [0.1, 0.15) is 0 Å². The van der Waals surface area contributed by atoms with E-state index in [4.69, 9.17) is 0 Å². The first-order valence-corrected chi connectivity index (χ1v) is 18.0. The molecule has 0 fully saturated rings. The van der Waals surface area contributed by atoms with E-state index in [-0.39, 0.29) is 92.4 Å². The van der Waals surface area contributed by atoms with E-state index in [1.165, 1.54) is 141 Å². The Kier molecular flexibility index (Phi) is 31.8. The number of benzene rings is 1. The van der Waals surface area contributed by atoms with Crippen LogP contribution in [0.5, 0.6) is 0 Å². The summed E-state index contributed by atoms with van der Waals surface area (Å²) in [4.78, 5) is 5.87. The van der Waals surface area contributed by atoms with Gasteiger partial charge in [-0.25, -0.2) is 0 Å². The van der Waals surface area contributed by atoms with Gasteiger partial charge in [-0.2, -0.15) is 0 Å². The Morgan fingerprint density at radius 2 is 0.826 bits per heavy atom. The second-order valence-corrected chi connectivity index (χ2v) is 14.6. The summed E-state index contributed by atoms with van der Waals surface area (Å²) in [6, 6.07) is 9.48. The molecule has 0 nitrogen and oxygen atoms in total. The van der Waals surface area contributed by atoms with Crippen LogP contribution in [0.3, 0.4) is 0 Å². The Hall–Kier alpha value is -0.0426. The van der Waals surface area contributed by atoms with Crippen molar-refractivity contribution in [3.05, 3.63) is 54.2 Å². The van der Waals surface area contributed by atoms with Crippen molar-refractivity contribution in [3.8, 4) is 20.9 Å². The third kappa shape index (κ3) is 13.3. The van der Waals surface area contributed by atoms with E-state index in [0.29, 0.717) is 0 Å². The molecule has 6 heteroatoms. The van der Waals surface area contributed by atoms with Crippen LogP contribution in [0, 0.1) is 9.02 Å². The zero-order valence-corrected chi connectivity index (χ0v) is 33.0. The quantitative estimate of drug-likeness (QED) is 0.0526. The molecule has 2 aromatic heterocycles. The third-order valence-electron chi connectivity index (χ3n) is 7.58. The fourth-order valence-electron chi connectivity index (χ4n) is 5.46. The molecule has 0 saturated heterocycles. The molecule has 0 saturated carbocycles. The molecule has 3 aromatic rings. The molecular formula is C40H64S4Sn2. The summed E-state index contributed by atoms with van der Waals surface area (Å²) in [6.45, 7) is 4.58. The Morgan fingerprint density at radius 1 is 0.478 bits per heavy atom. The zero-order chi connectivity index (χ0) is 26.2. The van der Waals surface area contributed by atoms with Crippen molar-refractivity contribution in [1.29, 1.82) is 0 Å². The van der Waals surface area contributed by atoms with Crippen molar-refractivity contribution in [2.24, 2.45) is 0 Å². The van der Waals surface area contributed by atoms with Crippen LogP contribution in [-0.2, 0) is 12.8 Å². The van der Waals surface area contributed by atoms with Crippen LogP contribution in [0.1, 0.15) is 156 Å². The van der Waals surface area contributed by atoms with Gasteiger partial charge in [0, 0.05) is 102 Å². The first-order chi connectivity index (χ1) is 18.8. The predicted molar refractivity (Wildman–Crippen MR) is 231 cm³/mol. The van der Waals surface area contributed by atoms with Gasteiger partial charge in [0.05, 0.1) is 9.02 Å². The molecule has 0 spiro atoms. The minimum Gasteiger partial charge on any atom is -0.140 e. The number of thiophene rings is 2. The first kappa shape index (κ1) is 52.8. The van der Waals surface area contributed by atoms with Gasteiger partial charge in [-0.15, -0.1) is 22.7 Å².